The van der Waals surface area contributed by atoms with Crippen molar-refractivity contribution < 1.29 is 14.3 Å². The zero-order valence-corrected chi connectivity index (χ0v) is 23.7. The molecule has 1 saturated heterocycles. The van der Waals surface area contributed by atoms with Crippen LogP contribution in [0.1, 0.15) is 21.6 Å². The summed E-state index contributed by atoms with van der Waals surface area (Å²) < 4.78 is 11.2. The van der Waals surface area contributed by atoms with E-state index in [0.717, 1.165) is 58.0 Å². The molecule has 1 amide bonds. The molecule has 0 atom stereocenters. The molecular weight excluding hydrogens is 526 g/mol. The first-order valence-electron chi connectivity index (χ1n) is 12.8. The van der Waals surface area contributed by atoms with Gasteiger partial charge in [-0.05, 0) is 67.1 Å². The molecule has 4 aromatic rings. The second kappa shape index (κ2) is 13.0. The van der Waals surface area contributed by atoms with Crippen molar-refractivity contribution in [1.82, 2.24) is 4.98 Å². The Kier molecular flexibility index (Phi) is 8.96. The van der Waals surface area contributed by atoms with E-state index in [1.165, 1.54) is 5.56 Å². The van der Waals surface area contributed by atoms with Gasteiger partial charge in [-0.15, -0.1) is 11.8 Å². The van der Waals surface area contributed by atoms with E-state index >= 15 is 0 Å². The number of aryl methyl sites for hydroxylation is 1. The van der Waals surface area contributed by atoms with Gasteiger partial charge < -0.3 is 19.7 Å². The summed E-state index contributed by atoms with van der Waals surface area (Å²) in [7, 11) is 1.66. The maximum atomic E-state index is 13.5. The SMILES string of the molecule is COc1ccc(CSc2c(N3CCSCC3)ccnc2C(=O)Nc2ccc(Oc3ccc(C)cc3)cc2)cc1. The maximum absolute atomic E-state index is 13.5. The number of anilines is 2. The largest absolute Gasteiger partial charge is 0.497 e. The molecule has 0 unspecified atom stereocenters. The van der Waals surface area contributed by atoms with Gasteiger partial charge in [-0.1, -0.05) is 29.8 Å². The number of methoxy groups -OCH3 is 1. The number of aromatic nitrogens is 1. The van der Waals surface area contributed by atoms with Crippen molar-refractivity contribution in [2.45, 2.75) is 17.6 Å². The molecule has 6 nitrogen and oxygen atoms in total. The monoisotopic (exact) mass is 557 g/mol. The summed E-state index contributed by atoms with van der Waals surface area (Å²) in [5.41, 5.74) is 4.52. The Bertz CT molecular complexity index is 1390. The highest BCUT2D eigenvalue weighted by atomic mass is 32.2. The van der Waals surface area contributed by atoms with Gasteiger partial charge in [0.05, 0.1) is 17.7 Å². The van der Waals surface area contributed by atoms with Crippen LogP contribution >= 0.6 is 23.5 Å². The number of carbonyl (C=O) groups is 1. The van der Waals surface area contributed by atoms with Gasteiger partial charge in [-0.3, -0.25) is 4.79 Å². The molecule has 8 heteroatoms. The molecule has 0 radical (unpaired) electrons. The number of ether oxygens (including phenoxy) is 2. The highest BCUT2D eigenvalue weighted by Gasteiger charge is 2.22. The van der Waals surface area contributed by atoms with Gasteiger partial charge in [-0.2, -0.15) is 11.8 Å². The smallest absolute Gasteiger partial charge is 0.275 e. The summed E-state index contributed by atoms with van der Waals surface area (Å²) in [6.07, 6.45) is 1.74. The minimum Gasteiger partial charge on any atom is -0.497 e. The van der Waals surface area contributed by atoms with E-state index in [9.17, 15) is 4.79 Å². The first kappa shape index (κ1) is 27.0. The van der Waals surface area contributed by atoms with Crippen LogP contribution in [0.3, 0.4) is 0 Å². The zero-order valence-electron chi connectivity index (χ0n) is 22.1. The average Bonchev–Trinajstić information content (AvgIpc) is 2.98. The summed E-state index contributed by atoms with van der Waals surface area (Å²) in [4.78, 5) is 21.3. The number of pyridine rings is 1. The molecule has 1 fully saturated rings. The van der Waals surface area contributed by atoms with Gasteiger partial charge in [0.1, 0.15) is 22.9 Å². The summed E-state index contributed by atoms with van der Waals surface area (Å²) in [6.45, 7) is 3.95. The van der Waals surface area contributed by atoms with Gasteiger partial charge in [0.2, 0.25) is 0 Å². The molecule has 0 saturated carbocycles. The number of benzene rings is 3. The molecule has 2 heterocycles. The van der Waals surface area contributed by atoms with Crippen molar-refractivity contribution in [3.63, 3.8) is 0 Å². The topological polar surface area (TPSA) is 63.7 Å². The average molecular weight is 558 g/mol. The molecule has 1 aliphatic heterocycles. The fraction of sp³-hybridized carbons (Fsp3) is 0.226. The van der Waals surface area contributed by atoms with E-state index in [4.69, 9.17) is 9.47 Å². The third-order valence-electron chi connectivity index (χ3n) is 6.36. The minimum atomic E-state index is -0.229. The van der Waals surface area contributed by atoms with Crippen LogP contribution in [0.2, 0.25) is 0 Å². The fourth-order valence-corrected chi connectivity index (χ4v) is 6.25. The molecule has 0 spiro atoms. The quantitative estimate of drug-likeness (QED) is 0.217. The summed E-state index contributed by atoms with van der Waals surface area (Å²) in [6, 6.07) is 25.4. The maximum Gasteiger partial charge on any atom is 0.275 e. The number of nitrogens with zero attached hydrogens (tertiary/aromatic N) is 2. The van der Waals surface area contributed by atoms with E-state index in [1.54, 1.807) is 25.1 Å². The first-order valence-corrected chi connectivity index (χ1v) is 15.0. The number of amides is 1. The Morgan fingerprint density at radius 2 is 1.56 bits per heavy atom. The lowest BCUT2D eigenvalue weighted by molar-refractivity contribution is 0.101. The van der Waals surface area contributed by atoms with Crippen molar-refractivity contribution in [3.8, 4) is 17.2 Å². The van der Waals surface area contributed by atoms with Crippen LogP contribution in [-0.2, 0) is 5.75 Å². The fourth-order valence-electron chi connectivity index (χ4n) is 4.21. The molecule has 3 aromatic carbocycles. The lowest BCUT2D eigenvalue weighted by atomic mass is 10.2. The third kappa shape index (κ3) is 7.07. The van der Waals surface area contributed by atoms with E-state index in [1.807, 2.05) is 85.4 Å². The first-order chi connectivity index (χ1) is 19.1. The van der Waals surface area contributed by atoms with Gasteiger partial charge in [0, 0.05) is 42.2 Å². The van der Waals surface area contributed by atoms with Crippen LogP contribution < -0.4 is 19.7 Å². The van der Waals surface area contributed by atoms with Crippen LogP contribution in [0.25, 0.3) is 0 Å². The number of nitrogens with one attached hydrogen (secondary N) is 1. The second-order valence-electron chi connectivity index (χ2n) is 9.14. The highest BCUT2D eigenvalue weighted by molar-refractivity contribution is 7.99. The van der Waals surface area contributed by atoms with Crippen LogP contribution in [0.4, 0.5) is 11.4 Å². The Hall–Kier alpha value is -3.62. The molecule has 0 aliphatic carbocycles. The molecular formula is C31H31N3O3S2. The predicted octanol–water partition coefficient (Wildman–Crippen LogP) is 7.29. The summed E-state index contributed by atoms with van der Waals surface area (Å²) >= 11 is 3.61. The molecule has 1 aliphatic rings. The second-order valence-corrected chi connectivity index (χ2v) is 11.3. The summed E-state index contributed by atoms with van der Waals surface area (Å²) in [5.74, 6) is 4.94. The van der Waals surface area contributed by atoms with E-state index in [-0.39, 0.29) is 5.91 Å². The number of hydrogen-bond acceptors (Lipinski definition) is 7. The normalized spacial score (nSPS) is 13.1. The Morgan fingerprint density at radius 3 is 2.23 bits per heavy atom. The van der Waals surface area contributed by atoms with Crippen LogP contribution in [0, 0.1) is 6.92 Å². The third-order valence-corrected chi connectivity index (χ3v) is 8.47. The van der Waals surface area contributed by atoms with Crippen molar-refractivity contribution in [2.75, 3.05) is 41.9 Å². The van der Waals surface area contributed by atoms with Crippen molar-refractivity contribution >= 4 is 40.8 Å². The van der Waals surface area contributed by atoms with E-state index in [0.29, 0.717) is 17.1 Å². The molecule has 1 N–H and O–H groups in total. The van der Waals surface area contributed by atoms with E-state index < -0.39 is 0 Å². The lowest BCUT2D eigenvalue weighted by Gasteiger charge is -2.30. The van der Waals surface area contributed by atoms with Gasteiger partial charge in [0.25, 0.3) is 5.91 Å². The standard InChI is InChI=1S/C31H31N3O3S2/c1-22-3-9-26(10-4-22)37-27-13-7-24(8-14-27)33-31(35)29-30(39-21-23-5-11-25(36-2)12-6-23)28(15-16-32-29)34-17-19-38-20-18-34/h3-16H,17-21H2,1-2H3,(H,33,35). The van der Waals surface area contributed by atoms with Crippen LogP contribution in [0.15, 0.2) is 90.0 Å². The predicted molar refractivity (Wildman–Crippen MR) is 162 cm³/mol. The minimum absolute atomic E-state index is 0.229. The summed E-state index contributed by atoms with van der Waals surface area (Å²) in [5, 5.41) is 3.03. The van der Waals surface area contributed by atoms with Crippen LogP contribution in [0.5, 0.6) is 17.2 Å². The molecule has 0 bridgehead atoms. The molecule has 200 valence electrons. The lowest BCUT2D eigenvalue weighted by Crippen LogP contribution is -2.33. The molecule has 5 rings (SSSR count). The number of thioether (sulfide) groups is 2. The van der Waals surface area contributed by atoms with Gasteiger partial charge in [-0.25, -0.2) is 4.98 Å². The van der Waals surface area contributed by atoms with Crippen molar-refractivity contribution in [3.05, 3.63) is 102 Å². The highest BCUT2D eigenvalue weighted by Crippen LogP contribution is 2.36. The van der Waals surface area contributed by atoms with Crippen molar-refractivity contribution in [1.29, 1.82) is 0 Å². The van der Waals surface area contributed by atoms with Crippen molar-refractivity contribution in [2.24, 2.45) is 0 Å². The van der Waals surface area contributed by atoms with Gasteiger partial charge >= 0.3 is 0 Å². The Balaban J connectivity index is 1.34. The van der Waals surface area contributed by atoms with Crippen LogP contribution in [-0.4, -0.2) is 42.6 Å². The number of carbonyl (C=O) groups excluding carboxylic acids is 1. The van der Waals surface area contributed by atoms with Gasteiger partial charge in [0.15, 0.2) is 0 Å². The number of rotatable bonds is 9. The molecule has 39 heavy (non-hydrogen) atoms. The Labute approximate surface area is 238 Å². The molecule has 1 aromatic heterocycles. The number of hydrogen-bond donors (Lipinski definition) is 1. The zero-order chi connectivity index (χ0) is 27.0. The Morgan fingerprint density at radius 1 is 0.923 bits per heavy atom. The van der Waals surface area contributed by atoms with E-state index in [2.05, 4.69) is 27.3 Å².